The number of ether oxygens (including phenoxy) is 1. The number of para-hydroxylation sites is 2. The van der Waals surface area contributed by atoms with Gasteiger partial charge in [0.2, 0.25) is 0 Å². The van der Waals surface area contributed by atoms with Crippen LogP contribution in [0, 0.1) is 6.92 Å². The van der Waals surface area contributed by atoms with Crippen molar-refractivity contribution >= 4 is 11.3 Å². The number of hydrogen-bond acceptors (Lipinski definition) is 3. The second-order valence-electron chi connectivity index (χ2n) is 7.72. The largest absolute Gasteiger partial charge is 0.495 e. The van der Waals surface area contributed by atoms with Crippen LogP contribution >= 0.6 is 0 Å². The smallest absolute Gasteiger partial charge is 0.142 e. The summed E-state index contributed by atoms with van der Waals surface area (Å²) in [6.07, 6.45) is 6.12. The monoisotopic (exact) mass is 362 g/mol. The van der Waals surface area contributed by atoms with Gasteiger partial charge >= 0.3 is 0 Å². The fourth-order valence-corrected chi connectivity index (χ4v) is 4.40. The van der Waals surface area contributed by atoms with Crippen molar-refractivity contribution in [2.24, 2.45) is 0 Å². The molecule has 0 N–H and O–H groups in total. The highest BCUT2D eigenvalue weighted by molar-refractivity contribution is 5.66. The number of rotatable bonds is 4. The fraction of sp³-hybridized carbons (Fsp3) is 0.417. The van der Waals surface area contributed by atoms with E-state index in [2.05, 4.69) is 65.3 Å². The van der Waals surface area contributed by atoms with E-state index in [-0.39, 0.29) is 0 Å². The van der Waals surface area contributed by atoms with Crippen molar-refractivity contribution in [2.75, 3.05) is 38.2 Å². The van der Waals surface area contributed by atoms with Gasteiger partial charge < -0.3 is 9.64 Å². The number of piperazine rings is 1. The number of methoxy groups -OCH3 is 1. The molecule has 4 rings (SSSR count). The lowest BCUT2D eigenvalue weighted by Crippen LogP contribution is -2.50. The Kier molecular flexibility index (Phi) is 5.49. The van der Waals surface area contributed by atoms with Gasteiger partial charge in [-0.15, -0.1) is 0 Å². The molecule has 1 aliphatic heterocycles. The van der Waals surface area contributed by atoms with Crippen LogP contribution in [-0.4, -0.2) is 44.2 Å². The molecule has 3 heteroatoms. The van der Waals surface area contributed by atoms with Crippen molar-refractivity contribution in [3.8, 4) is 5.75 Å². The van der Waals surface area contributed by atoms with Crippen LogP contribution in [0.15, 0.2) is 54.6 Å². The summed E-state index contributed by atoms with van der Waals surface area (Å²) in [4.78, 5) is 5.15. The maximum Gasteiger partial charge on any atom is 0.142 e. The molecule has 0 spiro atoms. The molecule has 0 aromatic heterocycles. The van der Waals surface area contributed by atoms with E-state index in [0.29, 0.717) is 6.04 Å². The van der Waals surface area contributed by atoms with Crippen LogP contribution in [0.3, 0.4) is 0 Å². The molecule has 2 aromatic carbocycles. The van der Waals surface area contributed by atoms with E-state index in [9.17, 15) is 0 Å². The summed E-state index contributed by atoms with van der Waals surface area (Å²) in [5.41, 5.74) is 5.49. The van der Waals surface area contributed by atoms with Gasteiger partial charge in [-0.05, 0) is 49.5 Å². The maximum absolute atomic E-state index is 5.54. The van der Waals surface area contributed by atoms with E-state index in [1.165, 1.54) is 41.6 Å². The van der Waals surface area contributed by atoms with Gasteiger partial charge in [0, 0.05) is 32.2 Å². The molecule has 1 saturated heterocycles. The molecule has 2 aromatic rings. The minimum Gasteiger partial charge on any atom is -0.495 e. The number of allylic oxidation sites excluding steroid dienone is 1. The number of nitrogens with zero attached hydrogens (tertiary/aromatic N) is 2. The first-order valence-corrected chi connectivity index (χ1v) is 10.1. The summed E-state index contributed by atoms with van der Waals surface area (Å²) in [6.45, 7) is 6.57. The third-order valence-corrected chi connectivity index (χ3v) is 6.06. The zero-order valence-corrected chi connectivity index (χ0v) is 16.5. The molecule has 3 nitrogen and oxygen atoms in total. The first-order valence-electron chi connectivity index (χ1n) is 10.1. The van der Waals surface area contributed by atoms with Gasteiger partial charge in [0.05, 0.1) is 12.8 Å². The van der Waals surface area contributed by atoms with E-state index < -0.39 is 0 Å². The highest BCUT2D eigenvalue weighted by Gasteiger charge is 2.26. The van der Waals surface area contributed by atoms with Crippen LogP contribution in [0.5, 0.6) is 5.75 Å². The predicted molar refractivity (Wildman–Crippen MR) is 114 cm³/mol. The van der Waals surface area contributed by atoms with Crippen molar-refractivity contribution in [1.29, 1.82) is 0 Å². The van der Waals surface area contributed by atoms with Gasteiger partial charge in [0.1, 0.15) is 5.75 Å². The van der Waals surface area contributed by atoms with E-state index in [1.807, 2.05) is 6.07 Å². The Morgan fingerprint density at radius 2 is 1.67 bits per heavy atom. The molecule has 1 aliphatic carbocycles. The molecule has 0 bridgehead atoms. The SMILES string of the molecule is COc1ccccc1N1CCN(C2CC=C(c3ccc(C)cc3)CC2)CC1. The molecule has 142 valence electrons. The lowest BCUT2D eigenvalue weighted by Gasteiger charge is -2.41. The second kappa shape index (κ2) is 8.18. The normalized spacial score (nSPS) is 21.0. The maximum atomic E-state index is 5.54. The van der Waals surface area contributed by atoms with Crippen LogP contribution in [0.4, 0.5) is 5.69 Å². The minimum atomic E-state index is 0.694. The van der Waals surface area contributed by atoms with Crippen molar-refractivity contribution in [3.63, 3.8) is 0 Å². The molecule has 1 heterocycles. The highest BCUT2D eigenvalue weighted by Crippen LogP contribution is 2.32. The highest BCUT2D eigenvalue weighted by atomic mass is 16.5. The Balaban J connectivity index is 1.35. The minimum absolute atomic E-state index is 0.694. The summed E-state index contributed by atoms with van der Waals surface area (Å²) in [5, 5.41) is 0. The first-order chi connectivity index (χ1) is 13.2. The van der Waals surface area contributed by atoms with Gasteiger partial charge in [0.15, 0.2) is 0 Å². The average molecular weight is 363 g/mol. The van der Waals surface area contributed by atoms with E-state index in [4.69, 9.17) is 4.74 Å². The van der Waals surface area contributed by atoms with Crippen molar-refractivity contribution in [3.05, 3.63) is 65.7 Å². The van der Waals surface area contributed by atoms with Gasteiger partial charge in [-0.25, -0.2) is 0 Å². The zero-order chi connectivity index (χ0) is 18.6. The summed E-state index contributed by atoms with van der Waals surface area (Å²) in [7, 11) is 1.76. The van der Waals surface area contributed by atoms with E-state index in [0.717, 1.165) is 31.9 Å². The fourth-order valence-electron chi connectivity index (χ4n) is 4.40. The molecule has 2 aliphatic rings. The molecule has 1 unspecified atom stereocenters. The third-order valence-electron chi connectivity index (χ3n) is 6.06. The molecular weight excluding hydrogens is 332 g/mol. The summed E-state index contributed by atoms with van der Waals surface area (Å²) < 4.78 is 5.54. The summed E-state index contributed by atoms with van der Waals surface area (Å²) in [5.74, 6) is 0.981. The Hall–Kier alpha value is -2.26. The first kappa shape index (κ1) is 18.1. The second-order valence-corrected chi connectivity index (χ2v) is 7.72. The Labute approximate surface area is 163 Å². The molecule has 27 heavy (non-hydrogen) atoms. The van der Waals surface area contributed by atoms with Gasteiger partial charge in [-0.3, -0.25) is 4.90 Å². The van der Waals surface area contributed by atoms with Crippen molar-refractivity contribution < 1.29 is 4.74 Å². The van der Waals surface area contributed by atoms with Gasteiger partial charge in [0.25, 0.3) is 0 Å². The number of hydrogen-bond donors (Lipinski definition) is 0. The topological polar surface area (TPSA) is 15.7 Å². The Bertz CT molecular complexity index is 788. The predicted octanol–water partition coefficient (Wildman–Crippen LogP) is 4.76. The van der Waals surface area contributed by atoms with E-state index >= 15 is 0 Å². The van der Waals surface area contributed by atoms with Crippen LogP contribution in [0.25, 0.3) is 5.57 Å². The molecule has 0 amide bonds. The van der Waals surface area contributed by atoms with Crippen LogP contribution in [-0.2, 0) is 0 Å². The number of benzene rings is 2. The molecule has 1 fully saturated rings. The third kappa shape index (κ3) is 4.03. The van der Waals surface area contributed by atoms with Crippen LogP contribution in [0.2, 0.25) is 0 Å². The van der Waals surface area contributed by atoms with Gasteiger partial charge in [-0.1, -0.05) is 48.0 Å². The summed E-state index contributed by atoms with van der Waals surface area (Å²) >= 11 is 0. The molecular formula is C24H30N2O. The average Bonchev–Trinajstić information content (AvgIpc) is 2.74. The Morgan fingerprint density at radius 1 is 0.926 bits per heavy atom. The molecule has 1 atom stereocenters. The van der Waals surface area contributed by atoms with Crippen molar-refractivity contribution in [2.45, 2.75) is 32.2 Å². The van der Waals surface area contributed by atoms with Gasteiger partial charge in [-0.2, -0.15) is 0 Å². The van der Waals surface area contributed by atoms with Crippen LogP contribution < -0.4 is 9.64 Å². The summed E-state index contributed by atoms with van der Waals surface area (Å²) in [6, 6.07) is 18.0. The lowest BCUT2D eigenvalue weighted by molar-refractivity contribution is 0.175. The zero-order valence-electron chi connectivity index (χ0n) is 16.5. The quantitative estimate of drug-likeness (QED) is 0.780. The lowest BCUT2D eigenvalue weighted by atomic mass is 9.89. The van der Waals surface area contributed by atoms with Crippen molar-refractivity contribution in [1.82, 2.24) is 4.90 Å². The standard InChI is InChI=1S/C24H30N2O/c1-19-7-9-20(10-8-19)21-11-13-22(14-12-21)25-15-17-26(18-16-25)23-5-3-4-6-24(23)27-2/h3-11,22H,12-18H2,1-2H3. The van der Waals surface area contributed by atoms with E-state index in [1.54, 1.807) is 7.11 Å². The molecule has 0 radical (unpaired) electrons. The number of aryl methyl sites for hydroxylation is 1. The molecule has 0 saturated carbocycles. The number of anilines is 1. The Morgan fingerprint density at radius 3 is 2.33 bits per heavy atom. The van der Waals surface area contributed by atoms with Crippen LogP contribution in [0.1, 0.15) is 30.4 Å².